The minimum atomic E-state index is -0.524. The summed E-state index contributed by atoms with van der Waals surface area (Å²) in [5.74, 6) is 1.50. The van der Waals surface area contributed by atoms with Crippen molar-refractivity contribution in [1.29, 1.82) is 0 Å². The first kappa shape index (κ1) is 25.4. The lowest BCUT2D eigenvalue weighted by atomic mass is 10.1. The van der Waals surface area contributed by atoms with Crippen molar-refractivity contribution in [3.63, 3.8) is 0 Å². The second-order valence-corrected chi connectivity index (χ2v) is 7.97. The smallest absolute Gasteiger partial charge is 0.412 e. The number of amides is 1. The first-order valence-corrected chi connectivity index (χ1v) is 10.2. The maximum Gasteiger partial charge on any atom is 0.412 e. The molecule has 2 aromatic heterocycles. The molecule has 2 heterocycles. The predicted octanol–water partition coefficient (Wildman–Crippen LogP) is 3.60. The molecule has 3 rings (SSSR count). The molecule has 0 fully saturated rings. The van der Waals surface area contributed by atoms with Gasteiger partial charge in [0, 0.05) is 25.5 Å². The Kier molecular flexibility index (Phi) is 9.24. The Hall–Kier alpha value is -2.89. The summed E-state index contributed by atoms with van der Waals surface area (Å²) in [4.78, 5) is 16.1. The molecule has 9 nitrogen and oxygen atoms in total. The third-order valence-corrected chi connectivity index (χ3v) is 4.33. The number of guanidine groups is 1. The number of carbonyl (C=O) groups is 1. The Morgan fingerprint density at radius 3 is 2.53 bits per heavy atom. The summed E-state index contributed by atoms with van der Waals surface area (Å²) >= 11 is 0. The fourth-order valence-electron chi connectivity index (χ4n) is 2.90. The highest BCUT2D eigenvalue weighted by atomic mass is 127. The number of anilines is 1. The van der Waals surface area contributed by atoms with E-state index in [0.717, 1.165) is 23.5 Å². The third kappa shape index (κ3) is 7.66. The first-order valence-electron chi connectivity index (χ1n) is 10.2. The number of benzene rings is 1. The summed E-state index contributed by atoms with van der Waals surface area (Å²) in [5.41, 5.74) is 2.13. The third-order valence-electron chi connectivity index (χ3n) is 4.33. The number of nitrogens with one attached hydrogen (secondary N) is 3. The van der Waals surface area contributed by atoms with Gasteiger partial charge in [0.25, 0.3) is 0 Å². The molecule has 0 bridgehead atoms. The van der Waals surface area contributed by atoms with Gasteiger partial charge in [-0.05, 0) is 57.0 Å². The molecule has 172 valence electrons. The van der Waals surface area contributed by atoms with Crippen molar-refractivity contribution in [1.82, 2.24) is 25.2 Å². The number of hydrogen-bond acceptors (Lipinski definition) is 5. The molecular weight excluding hydrogens is 521 g/mol. The minimum absolute atomic E-state index is 0. The normalized spacial score (nSPS) is 11.6. The second-order valence-electron chi connectivity index (χ2n) is 7.97. The van der Waals surface area contributed by atoms with Gasteiger partial charge in [0.1, 0.15) is 5.60 Å². The average molecular weight is 551 g/mol. The Balaban J connectivity index is 0.00000363. The zero-order chi connectivity index (χ0) is 22.3. The van der Waals surface area contributed by atoms with Crippen LogP contribution in [0.15, 0.2) is 53.7 Å². The standard InChI is InChI=1S/C22H29N7O2.HI/c1-22(2,3)31-21(30)26-17-10-8-16(9-11-17)12-13-24-20(23-4)25-15-19-28-27-18-7-5-6-14-29(18)19;/h5-11,14H,12-13,15H2,1-4H3,(H,26,30)(H2,23,24,25);1H. The summed E-state index contributed by atoms with van der Waals surface area (Å²) in [6, 6.07) is 13.5. The van der Waals surface area contributed by atoms with Gasteiger partial charge < -0.3 is 15.4 Å². The molecule has 0 aliphatic rings. The number of fused-ring (bicyclic) bond motifs is 1. The fourth-order valence-corrected chi connectivity index (χ4v) is 2.90. The van der Waals surface area contributed by atoms with E-state index in [2.05, 4.69) is 31.1 Å². The molecule has 0 atom stereocenters. The molecule has 3 aromatic rings. The average Bonchev–Trinajstić information content (AvgIpc) is 3.13. The Morgan fingerprint density at radius 1 is 1.09 bits per heavy atom. The van der Waals surface area contributed by atoms with Gasteiger partial charge in [-0.1, -0.05) is 18.2 Å². The van der Waals surface area contributed by atoms with Crippen LogP contribution in [0.1, 0.15) is 32.2 Å². The second kappa shape index (κ2) is 11.7. The summed E-state index contributed by atoms with van der Waals surface area (Å²) < 4.78 is 7.20. The van der Waals surface area contributed by atoms with Crippen LogP contribution in [0.2, 0.25) is 0 Å². The van der Waals surface area contributed by atoms with Crippen LogP contribution in [0.25, 0.3) is 5.65 Å². The summed E-state index contributed by atoms with van der Waals surface area (Å²) in [5, 5.41) is 17.6. The number of rotatable bonds is 6. The molecule has 1 amide bonds. The Bertz CT molecular complexity index is 1040. The summed E-state index contributed by atoms with van der Waals surface area (Å²) in [6.45, 7) is 6.72. The molecular formula is C22H30IN7O2. The molecule has 10 heteroatoms. The number of nitrogens with zero attached hydrogens (tertiary/aromatic N) is 4. The van der Waals surface area contributed by atoms with E-state index < -0.39 is 11.7 Å². The summed E-state index contributed by atoms with van der Waals surface area (Å²) in [7, 11) is 1.73. The van der Waals surface area contributed by atoms with E-state index in [0.29, 0.717) is 24.7 Å². The van der Waals surface area contributed by atoms with E-state index in [4.69, 9.17) is 4.74 Å². The molecule has 3 N–H and O–H groups in total. The number of halogens is 1. The van der Waals surface area contributed by atoms with E-state index in [1.807, 2.05) is 73.8 Å². The predicted molar refractivity (Wildman–Crippen MR) is 137 cm³/mol. The molecule has 0 saturated heterocycles. The van der Waals surface area contributed by atoms with Crippen molar-refractivity contribution < 1.29 is 9.53 Å². The van der Waals surface area contributed by atoms with Crippen molar-refractivity contribution in [2.45, 2.75) is 39.3 Å². The topological polar surface area (TPSA) is 105 Å². The van der Waals surface area contributed by atoms with Crippen molar-refractivity contribution in [3.8, 4) is 0 Å². The monoisotopic (exact) mass is 551 g/mol. The molecule has 0 radical (unpaired) electrons. The summed E-state index contributed by atoms with van der Waals surface area (Å²) in [6.07, 6.45) is 2.28. The molecule has 1 aromatic carbocycles. The van der Waals surface area contributed by atoms with Crippen LogP contribution >= 0.6 is 24.0 Å². The van der Waals surface area contributed by atoms with Gasteiger partial charge in [0.05, 0.1) is 6.54 Å². The van der Waals surface area contributed by atoms with E-state index in [1.54, 1.807) is 7.05 Å². The number of carbonyl (C=O) groups excluding carboxylic acids is 1. The first-order chi connectivity index (χ1) is 14.8. The van der Waals surface area contributed by atoms with Crippen molar-refractivity contribution in [2.24, 2.45) is 4.99 Å². The van der Waals surface area contributed by atoms with Gasteiger partial charge >= 0.3 is 6.09 Å². The molecule has 0 aliphatic carbocycles. The van der Waals surface area contributed by atoms with E-state index in [-0.39, 0.29) is 24.0 Å². The van der Waals surface area contributed by atoms with Crippen LogP contribution in [0.3, 0.4) is 0 Å². The number of pyridine rings is 1. The lowest BCUT2D eigenvalue weighted by Gasteiger charge is -2.19. The van der Waals surface area contributed by atoms with Gasteiger partial charge in [-0.25, -0.2) is 4.79 Å². The lowest BCUT2D eigenvalue weighted by Crippen LogP contribution is -2.38. The molecule has 0 spiro atoms. The zero-order valence-corrected chi connectivity index (χ0v) is 21.1. The molecule has 0 aliphatic heterocycles. The minimum Gasteiger partial charge on any atom is -0.444 e. The van der Waals surface area contributed by atoms with Gasteiger partial charge in [-0.15, -0.1) is 34.2 Å². The highest BCUT2D eigenvalue weighted by Crippen LogP contribution is 2.13. The molecule has 32 heavy (non-hydrogen) atoms. The number of ether oxygens (including phenoxy) is 1. The largest absolute Gasteiger partial charge is 0.444 e. The van der Waals surface area contributed by atoms with Crippen LogP contribution < -0.4 is 16.0 Å². The highest BCUT2D eigenvalue weighted by molar-refractivity contribution is 14.0. The van der Waals surface area contributed by atoms with E-state index in [1.165, 1.54) is 0 Å². The Morgan fingerprint density at radius 2 is 1.84 bits per heavy atom. The van der Waals surface area contributed by atoms with Gasteiger partial charge in [-0.3, -0.25) is 14.7 Å². The van der Waals surface area contributed by atoms with Crippen LogP contribution in [-0.4, -0.2) is 45.8 Å². The van der Waals surface area contributed by atoms with E-state index >= 15 is 0 Å². The van der Waals surface area contributed by atoms with Crippen LogP contribution in [-0.2, 0) is 17.7 Å². The SMILES string of the molecule is CN=C(NCCc1ccc(NC(=O)OC(C)(C)C)cc1)NCc1nnc2ccccn12.I. The van der Waals surface area contributed by atoms with E-state index in [9.17, 15) is 4.79 Å². The van der Waals surface area contributed by atoms with Crippen LogP contribution in [0.5, 0.6) is 0 Å². The van der Waals surface area contributed by atoms with Gasteiger partial charge in [0.15, 0.2) is 17.4 Å². The molecule has 0 saturated carbocycles. The van der Waals surface area contributed by atoms with Crippen molar-refractivity contribution >= 4 is 47.4 Å². The zero-order valence-electron chi connectivity index (χ0n) is 18.8. The molecule has 0 unspecified atom stereocenters. The number of aliphatic imine (C=N–C) groups is 1. The Labute approximate surface area is 205 Å². The van der Waals surface area contributed by atoms with Gasteiger partial charge in [0.2, 0.25) is 0 Å². The van der Waals surface area contributed by atoms with Crippen LogP contribution in [0, 0.1) is 0 Å². The van der Waals surface area contributed by atoms with Crippen molar-refractivity contribution in [2.75, 3.05) is 18.9 Å². The maximum absolute atomic E-state index is 11.8. The fraction of sp³-hybridized carbons (Fsp3) is 0.364. The van der Waals surface area contributed by atoms with Crippen LogP contribution in [0.4, 0.5) is 10.5 Å². The number of hydrogen-bond donors (Lipinski definition) is 3. The highest BCUT2D eigenvalue weighted by Gasteiger charge is 2.16. The lowest BCUT2D eigenvalue weighted by molar-refractivity contribution is 0.0636. The quantitative estimate of drug-likeness (QED) is 0.246. The van der Waals surface area contributed by atoms with Crippen molar-refractivity contribution in [3.05, 3.63) is 60.0 Å². The number of aromatic nitrogens is 3. The maximum atomic E-state index is 11.8. The van der Waals surface area contributed by atoms with Gasteiger partial charge in [-0.2, -0.15) is 0 Å².